The Labute approximate surface area is 121 Å². The van der Waals surface area contributed by atoms with Crippen molar-refractivity contribution in [3.8, 4) is 0 Å². The number of anilines is 1. The largest absolute Gasteiger partial charge is 0.352 e. The summed E-state index contributed by atoms with van der Waals surface area (Å²) in [6.07, 6.45) is 0.841. The van der Waals surface area contributed by atoms with Gasteiger partial charge in [0.15, 0.2) is 0 Å². The molecule has 0 fully saturated rings. The number of amides is 2. The number of hydrogen-bond donors (Lipinski definition) is 2. The summed E-state index contributed by atoms with van der Waals surface area (Å²) in [4.78, 5) is 24.1. The second-order valence-electron chi connectivity index (χ2n) is 4.34. The summed E-state index contributed by atoms with van der Waals surface area (Å²) in [5.74, 6) is -0.228. The Hall–Kier alpha value is -2.14. The van der Waals surface area contributed by atoms with Crippen LogP contribution in [0.4, 0.5) is 5.69 Å². The molecule has 1 aromatic heterocycles. The molecule has 0 radical (unpaired) electrons. The minimum absolute atomic E-state index is 0.101. The maximum absolute atomic E-state index is 11.9. The fourth-order valence-electron chi connectivity index (χ4n) is 1.76. The SMILES string of the molecule is CC(=O)Nc1ccc(C(=O)NCCc2cccs2)cc1. The maximum atomic E-state index is 11.9. The molecule has 0 aliphatic heterocycles. The second-order valence-corrected chi connectivity index (χ2v) is 5.38. The number of benzene rings is 1. The molecule has 0 saturated carbocycles. The predicted molar refractivity (Wildman–Crippen MR) is 81.1 cm³/mol. The Morgan fingerprint density at radius 3 is 2.50 bits per heavy atom. The van der Waals surface area contributed by atoms with E-state index >= 15 is 0 Å². The first kappa shape index (κ1) is 14.3. The van der Waals surface area contributed by atoms with Crippen LogP contribution in [0.1, 0.15) is 22.2 Å². The van der Waals surface area contributed by atoms with Gasteiger partial charge in [-0.05, 0) is 42.1 Å². The van der Waals surface area contributed by atoms with Crippen molar-refractivity contribution in [2.45, 2.75) is 13.3 Å². The number of thiophene rings is 1. The highest BCUT2D eigenvalue weighted by atomic mass is 32.1. The van der Waals surface area contributed by atoms with Crippen molar-refractivity contribution in [2.75, 3.05) is 11.9 Å². The highest BCUT2D eigenvalue weighted by Gasteiger charge is 2.05. The van der Waals surface area contributed by atoms with Gasteiger partial charge in [0.05, 0.1) is 0 Å². The Balaban J connectivity index is 1.84. The summed E-state index contributed by atoms with van der Waals surface area (Å²) >= 11 is 1.69. The summed E-state index contributed by atoms with van der Waals surface area (Å²) in [5, 5.41) is 7.57. The summed E-state index contributed by atoms with van der Waals surface area (Å²) in [7, 11) is 0. The van der Waals surface area contributed by atoms with Crippen LogP contribution in [0.5, 0.6) is 0 Å². The van der Waals surface area contributed by atoms with Crippen LogP contribution >= 0.6 is 11.3 Å². The van der Waals surface area contributed by atoms with E-state index in [0.29, 0.717) is 17.8 Å². The van der Waals surface area contributed by atoms with Crippen molar-refractivity contribution in [3.05, 3.63) is 52.2 Å². The van der Waals surface area contributed by atoms with Crippen molar-refractivity contribution >= 4 is 28.8 Å². The normalized spacial score (nSPS) is 10.1. The van der Waals surface area contributed by atoms with E-state index in [1.165, 1.54) is 11.8 Å². The summed E-state index contributed by atoms with van der Waals surface area (Å²) < 4.78 is 0. The molecule has 1 aromatic carbocycles. The molecule has 4 nitrogen and oxygen atoms in total. The van der Waals surface area contributed by atoms with E-state index in [2.05, 4.69) is 16.7 Å². The summed E-state index contributed by atoms with van der Waals surface area (Å²) in [6, 6.07) is 10.9. The van der Waals surface area contributed by atoms with Gasteiger partial charge in [0.2, 0.25) is 5.91 Å². The van der Waals surface area contributed by atoms with Crippen LogP contribution in [-0.4, -0.2) is 18.4 Å². The Bertz CT molecular complexity index is 576. The molecule has 5 heteroatoms. The van der Waals surface area contributed by atoms with Gasteiger partial charge in [-0.1, -0.05) is 6.07 Å². The minimum atomic E-state index is -0.127. The first-order chi connectivity index (χ1) is 9.65. The number of carbonyl (C=O) groups excluding carboxylic acids is 2. The van der Waals surface area contributed by atoms with Crippen LogP contribution in [0.25, 0.3) is 0 Å². The maximum Gasteiger partial charge on any atom is 0.251 e. The van der Waals surface area contributed by atoms with E-state index < -0.39 is 0 Å². The molecule has 0 spiro atoms. The molecular weight excluding hydrogens is 272 g/mol. The lowest BCUT2D eigenvalue weighted by Crippen LogP contribution is -2.25. The molecule has 1 heterocycles. The van der Waals surface area contributed by atoms with E-state index in [1.807, 2.05) is 11.4 Å². The molecule has 0 aliphatic carbocycles. The molecule has 2 rings (SSSR count). The van der Waals surface area contributed by atoms with Gasteiger partial charge in [-0.2, -0.15) is 0 Å². The van der Waals surface area contributed by atoms with Crippen molar-refractivity contribution in [1.29, 1.82) is 0 Å². The number of nitrogens with one attached hydrogen (secondary N) is 2. The molecule has 2 N–H and O–H groups in total. The summed E-state index contributed by atoms with van der Waals surface area (Å²) in [6.45, 7) is 2.07. The number of hydrogen-bond acceptors (Lipinski definition) is 3. The van der Waals surface area contributed by atoms with E-state index in [9.17, 15) is 9.59 Å². The van der Waals surface area contributed by atoms with Crippen molar-refractivity contribution in [1.82, 2.24) is 5.32 Å². The molecular formula is C15H16N2O2S. The molecule has 20 heavy (non-hydrogen) atoms. The third-order valence-electron chi connectivity index (χ3n) is 2.70. The molecule has 0 aliphatic rings. The Morgan fingerprint density at radius 2 is 1.90 bits per heavy atom. The monoisotopic (exact) mass is 288 g/mol. The predicted octanol–water partition coefficient (Wildman–Crippen LogP) is 2.68. The molecule has 2 aromatic rings. The zero-order chi connectivity index (χ0) is 14.4. The zero-order valence-corrected chi connectivity index (χ0v) is 12.0. The first-order valence-corrected chi connectivity index (χ1v) is 7.21. The first-order valence-electron chi connectivity index (χ1n) is 6.33. The van der Waals surface area contributed by atoms with Crippen molar-refractivity contribution < 1.29 is 9.59 Å². The van der Waals surface area contributed by atoms with Crippen LogP contribution in [0.2, 0.25) is 0 Å². The highest BCUT2D eigenvalue weighted by Crippen LogP contribution is 2.10. The lowest BCUT2D eigenvalue weighted by molar-refractivity contribution is -0.114. The van der Waals surface area contributed by atoms with Crippen LogP contribution in [0.3, 0.4) is 0 Å². The van der Waals surface area contributed by atoms with Gasteiger partial charge in [-0.15, -0.1) is 11.3 Å². The van der Waals surface area contributed by atoms with Gasteiger partial charge >= 0.3 is 0 Å². The van der Waals surface area contributed by atoms with Gasteiger partial charge in [-0.3, -0.25) is 9.59 Å². The van der Waals surface area contributed by atoms with E-state index in [1.54, 1.807) is 35.6 Å². The van der Waals surface area contributed by atoms with Crippen LogP contribution in [0, 0.1) is 0 Å². The lowest BCUT2D eigenvalue weighted by atomic mass is 10.2. The van der Waals surface area contributed by atoms with Gasteiger partial charge < -0.3 is 10.6 Å². The van der Waals surface area contributed by atoms with Crippen LogP contribution in [-0.2, 0) is 11.2 Å². The standard InChI is InChI=1S/C15H16N2O2S/c1-11(18)17-13-6-4-12(5-7-13)15(19)16-9-8-14-3-2-10-20-14/h2-7,10H,8-9H2,1H3,(H,16,19)(H,17,18). The van der Waals surface area contributed by atoms with Gasteiger partial charge in [-0.25, -0.2) is 0 Å². The molecule has 0 unspecified atom stereocenters. The molecule has 0 saturated heterocycles. The van der Waals surface area contributed by atoms with Crippen molar-refractivity contribution in [3.63, 3.8) is 0 Å². The van der Waals surface area contributed by atoms with Gasteiger partial charge in [0.1, 0.15) is 0 Å². The average molecular weight is 288 g/mol. The third kappa shape index (κ3) is 4.20. The quantitative estimate of drug-likeness (QED) is 0.888. The average Bonchev–Trinajstić information content (AvgIpc) is 2.92. The molecule has 0 bridgehead atoms. The summed E-state index contributed by atoms with van der Waals surface area (Å²) in [5.41, 5.74) is 1.28. The second kappa shape index (κ2) is 6.86. The molecule has 0 atom stereocenters. The Kier molecular flexibility index (Phi) is 4.90. The van der Waals surface area contributed by atoms with E-state index in [4.69, 9.17) is 0 Å². The highest BCUT2D eigenvalue weighted by molar-refractivity contribution is 7.09. The Morgan fingerprint density at radius 1 is 1.15 bits per heavy atom. The van der Waals surface area contributed by atoms with Crippen LogP contribution < -0.4 is 10.6 Å². The van der Waals surface area contributed by atoms with Gasteiger partial charge in [0.25, 0.3) is 5.91 Å². The van der Waals surface area contributed by atoms with Crippen molar-refractivity contribution in [2.24, 2.45) is 0 Å². The lowest BCUT2D eigenvalue weighted by Gasteiger charge is -2.06. The minimum Gasteiger partial charge on any atom is -0.352 e. The van der Waals surface area contributed by atoms with E-state index in [-0.39, 0.29) is 11.8 Å². The van der Waals surface area contributed by atoms with Crippen LogP contribution in [0.15, 0.2) is 41.8 Å². The smallest absolute Gasteiger partial charge is 0.251 e. The topological polar surface area (TPSA) is 58.2 Å². The fourth-order valence-corrected chi connectivity index (χ4v) is 2.47. The third-order valence-corrected chi connectivity index (χ3v) is 3.64. The zero-order valence-electron chi connectivity index (χ0n) is 11.2. The number of carbonyl (C=O) groups is 2. The molecule has 104 valence electrons. The molecule has 2 amide bonds. The van der Waals surface area contributed by atoms with E-state index in [0.717, 1.165) is 6.42 Å². The fraction of sp³-hybridized carbons (Fsp3) is 0.200. The van der Waals surface area contributed by atoms with Gasteiger partial charge in [0, 0.05) is 29.6 Å². The number of rotatable bonds is 5.